The first-order valence-corrected chi connectivity index (χ1v) is 31.1. The first-order valence-electron chi connectivity index (χ1n) is 25.1. The molecule has 10 heteroatoms. The fourth-order valence-corrected chi connectivity index (χ4v) is 14.6. The van der Waals surface area contributed by atoms with Gasteiger partial charge >= 0.3 is 6.18 Å². The Bertz CT molecular complexity index is 2430. The molecule has 398 valence electrons. The predicted molar refractivity (Wildman–Crippen MR) is 326 cm³/mol. The Kier molecular flexibility index (Phi) is 29.0. The van der Waals surface area contributed by atoms with Crippen LogP contribution in [-0.2, 0) is 6.18 Å². The minimum atomic E-state index is -4.19. The SMILES string of the molecule is Cc1c(C(C)C)csc1C(C)C.Cc1cc(C(F)(F)F)c(C)s1.Cc1csc(C(C)C)c1C.Cc1csc(C)c1C.Cc1csc(C)c1C.Cc1sc(C(C)C)cc1C(C)C.Cc1scc(C(C)C)c1C. The molecule has 0 bridgehead atoms. The Labute approximate surface area is 460 Å². The van der Waals surface area contributed by atoms with Crippen LogP contribution < -0.4 is 0 Å². The number of thiophene rings is 7. The van der Waals surface area contributed by atoms with E-state index in [2.05, 4.69) is 199 Å². The highest BCUT2D eigenvalue weighted by Gasteiger charge is 2.33. The van der Waals surface area contributed by atoms with Gasteiger partial charge < -0.3 is 0 Å². The summed E-state index contributed by atoms with van der Waals surface area (Å²) in [6.07, 6.45) is -4.19. The van der Waals surface area contributed by atoms with Crippen molar-refractivity contribution < 1.29 is 13.2 Å². The van der Waals surface area contributed by atoms with Crippen molar-refractivity contribution in [1.29, 1.82) is 0 Å². The van der Waals surface area contributed by atoms with E-state index in [1.54, 1.807) is 11.8 Å². The highest BCUT2D eigenvalue weighted by atomic mass is 32.1. The molecule has 7 heterocycles. The Morgan fingerprint density at radius 3 is 0.887 bits per heavy atom. The van der Waals surface area contributed by atoms with Gasteiger partial charge in [-0.05, 0) is 233 Å². The van der Waals surface area contributed by atoms with Crippen molar-refractivity contribution in [3.63, 3.8) is 0 Å². The molecule has 7 rings (SSSR count). The molecular weight excluding hydrogens is 1010 g/mol. The molecule has 0 aliphatic heterocycles. The molecule has 0 nitrogen and oxygen atoms in total. The van der Waals surface area contributed by atoms with Crippen molar-refractivity contribution in [3.8, 4) is 0 Å². The van der Waals surface area contributed by atoms with Crippen molar-refractivity contribution >= 4 is 79.4 Å². The topological polar surface area (TPSA) is 0 Å². The van der Waals surface area contributed by atoms with Crippen LogP contribution in [0.3, 0.4) is 0 Å². The van der Waals surface area contributed by atoms with E-state index in [0.29, 0.717) is 45.3 Å². The van der Waals surface area contributed by atoms with Crippen LogP contribution in [0.1, 0.15) is 229 Å². The number of halogens is 3. The Hall–Kier alpha value is -2.31. The van der Waals surface area contributed by atoms with Crippen molar-refractivity contribution in [3.05, 3.63) is 150 Å². The van der Waals surface area contributed by atoms with Crippen LogP contribution in [0.5, 0.6) is 0 Å². The second-order valence-corrected chi connectivity index (χ2v) is 28.4. The van der Waals surface area contributed by atoms with Gasteiger partial charge in [0.05, 0.1) is 5.56 Å². The van der Waals surface area contributed by atoms with E-state index in [4.69, 9.17) is 0 Å². The summed E-state index contributed by atoms with van der Waals surface area (Å²) >= 11 is 12.4. The lowest BCUT2D eigenvalue weighted by atomic mass is 9.99. The second kappa shape index (κ2) is 30.9. The molecule has 0 amide bonds. The maximum Gasteiger partial charge on any atom is 0.417 e. The van der Waals surface area contributed by atoms with Crippen LogP contribution in [0, 0.1) is 96.9 Å². The third kappa shape index (κ3) is 21.5. The molecule has 0 N–H and O–H groups in total. The smallest absolute Gasteiger partial charge is 0.166 e. The normalized spacial score (nSPS) is 11.1. The number of rotatable bonds is 6. The van der Waals surface area contributed by atoms with E-state index in [9.17, 15) is 13.2 Å². The van der Waals surface area contributed by atoms with E-state index < -0.39 is 11.7 Å². The zero-order chi connectivity index (χ0) is 55.0. The minimum absolute atomic E-state index is 0.343. The molecule has 0 unspecified atom stereocenters. The van der Waals surface area contributed by atoms with Gasteiger partial charge in [-0.25, -0.2) is 0 Å². The van der Waals surface area contributed by atoms with E-state index >= 15 is 0 Å². The average molecular weight is 1110 g/mol. The maximum absolute atomic E-state index is 12.1. The molecule has 0 saturated carbocycles. The summed E-state index contributed by atoms with van der Waals surface area (Å²) in [4.78, 5) is 11.5. The summed E-state index contributed by atoms with van der Waals surface area (Å²) in [5.41, 5.74) is 15.8. The Morgan fingerprint density at radius 2 is 0.704 bits per heavy atom. The van der Waals surface area contributed by atoms with Crippen LogP contribution >= 0.6 is 79.4 Å². The molecular formula is C61H91F3S7. The van der Waals surface area contributed by atoms with Crippen molar-refractivity contribution in [2.24, 2.45) is 0 Å². The third-order valence-corrected chi connectivity index (χ3v) is 21.2. The molecule has 0 aromatic carbocycles. The van der Waals surface area contributed by atoms with Crippen LogP contribution in [0.4, 0.5) is 13.2 Å². The van der Waals surface area contributed by atoms with Crippen LogP contribution in [0.25, 0.3) is 0 Å². The predicted octanol–water partition coefficient (Wildman–Crippen LogP) is 24.3. The first-order chi connectivity index (χ1) is 32.6. The number of hydrogen-bond donors (Lipinski definition) is 0. The molecule has 0 radical (unpaired) electrons. The van der Waals surface area contributed by atoms with Gasteiger partial charge in [0.25, 0.3) is 0 Å². The standard InChI is InChI=1S/2C11H18S.2C9H14S.C7H7F3S.2C7H10S/c1-7(2)10-6-12-11(8(3)4)9(10)5;1-7(2)10-6-11(8(3)4)12-9(10)5;1-6(2)9-5-10-8(4)7(9)3;1-6(2)9-8(4)7(3)5-10-9;1-4-3-6(5(2)11-4)7(8,9)10;2*1-5-4-8-7(3)6(5)2/h2*6-8H,1-5H3;2*5-6H,1-4H3;3H,1-2H3;2*4H,1-3H3. The molecule has 0 fully saturated rings. The highest BCUT2D eigenvalue weighted by molar-refractivity contribution is 7.12. The van der Waals surface area contributed by atoms with Gasteiger partial charge in [0.2, 0.25) is 0 Å². The van der Waals surface area contributed by atoms with Gasteiger partial charge in [0.1, 0.15) is 0 Å². The minimum Gasteiger partial charge on any atom is -0.166 e. The van der Waals surface area contributed by atoms with Gasteiger partial charge in [0, 0.05) is 43.9 Å². The van der Waals surface area contributed by atoms with Crippen LogP contribution in [-0.4, -0.2) is 0 Å². The quantitative estimate of drug-likeness (QED) is 0.156. The lowest BCUT2D eigenvalue weighted by Crippen LogP contribution is -2.04. The average Bonchev–Trinajstić information content (AvgIpc) is 4.16. The molecule has 0 aliphatic rings. The van der Waals surface area contributed by atoms with Gasteiger partial charge in [-0.3, -0.25) is 0 Å². The van der Waals surface area contributed by atoms with Crippen molar-refractivity contribution in [2.45, 2.75) is 222 Å². The summed E-state index contributed by atoms with van der Waals surface area (Å²) in [6.45, 7) is 56.5. The number of alkyl halides is 3. The summed E-state index contributed by atoms with van der Waals surface area (Å²) in [5, 5.41) is 11.2. The van der Waals surface area contributed by atoms with Crippen molar-refractivity contribution in [2.75, 3.05) is 0 Å². The lowest BCUT2D eigenvalue weighted by Gasteiger charge is -2.06. The molecule has 7 aromatic rings. The van der Waals surface area contributed by atoms with E-state index in [1.807, 2.05) is 68.0 Å². The highest BCUT2D eigenvalue weighted by Crippen LogP contribution is 2.37. The second-order valence-electron chi connectivity index (χ2n) is 20.6. The van der Waals surface area contributed by atoms with Crippen LogP contribution in [0.15, 0.2) is 39.0 Å². The Balaban J connectivity index is 0.000000416. The monoisotopic (exact) mass is 1100 g/mol. The van der Waals surface area contributed by atoms with Gasteiger partial charge in [-0.1, -0.05) is 83.1 Å². The number of aryl methyl sites for hydroxylation is 9. The van der Waals surface area contributed by atoms with Gasteiger partial charge in [-0.15, -0.1) is 79.4 Å². The molecule has 0 saturated heterocycles. The van der Waals surface area contributed by atoms with E-state index in [-0.39, 0.29) is 0 Å². The fourth-order valence-electron chi connectivity index (χ4n) is 7.33. The molecule has 0 spiro atoms. The first kappa shape index (κ1) is 66.7. The molecule has 71 heavy (non-hydrogen) atoms. The number of hydrogen-bond acceptors (Lipinski definition) is 7. The van der Waals surface area contributed by atoms with E-state index in [0.717, 1.165) is 0 Å². The van der Waals surface area contributed by atoms with Gasteiger partial charge in [-0.2, -0.15) is 13.2 Å². The Morgan fingerprint density at radius 1 is 0.338 bits per heavy atom. The third-order valence-electron chi connectivity index (χ3n) is 12.6. The lowest BCUT2D eigenvalue weighted by molar-refractivity contribution is -0.137. The van der Waals surface area contributed by atoms with E-state index in [1.165, 1.54) is 115 Å². The maximum atomic E-state index is 12.1. The van der Waals surface area contributed by atoms with Crippen molar-refractivity contribution in [1.82, 2.24) is 0 Å². The molecule has 0 aliphatic carbocycles. The largest absolute Gasteiger partial charge is 0.417 e. The molecule has 7 aromatic heterocycles. The summed E-state index contributed by atoms with van der Waals surface area (Å²) in [5.74, 6) is 4.09. The van der Waals surface area contributed by atoms with Crippen LogP contribution in [0.2, 0.25) is 0 Å². The summed E-state index contributed by atoms with van der Waals surface area (Å²) in [7, 11) is 0. The fraction of sp³-hybridized carbons (Fsp3) is 0.541. The molecule has 0 atom stereocenters. The zero-order valence-electron chi connectivity index (χ0n) is 48.5. The summed E-state index contributed by atoms with van der Waals surface area (Å²) < 4.78 is 36.2. The zero-order valence-corrected chi connectivity index (χ0v) is 54.2. The van der Waals surface area contributed by atoms with Gasteiger partial charge in [0.15, 0.2) is 0 Å². The summed E-state index contributed by atoms with van der Waals surface area (Å²) in [6, 6.07) is 3.55.